The minimum Gasteiger partial charge on any atom is -0.494 e. The summed E-state index contributed by atoms with van der Waals surface area (Å²) in [6.07, 6.45) is 6.10. The summed E-state index contributed by atoms with van der Waals surface area (Å²) in [5.41, 5.74) is 7.57. The largest absolute Gasteiger partial charge is 0.494 e. The maximum absolute atomic E-state index is 10.9. The summed E-state index contributed by atoms with van der Waals surface area (Å²) in [6.45, 7) is 2.88. The molecule has 0 aliphatic heterocycles. The Morgan fingerprint density at radius 1 is 1.24 bits per heavy atom. The summed E-state index contributed by atoms with van der Waals surface area (Å²) in [6, 6.07) is 7.27. The number of carbonyl (C=O) groups excluding carboxylic acids is 2. The number of nitrogens with two attached hydrogens (primary N) is 1. The fraction of sp³-hybridized carbons (Fsp3) is 0.400. The highest BCUT2D eigenvalue weighted by Gasteiger charge is 2.05. The number of carbonyl (C=O) groups is 2. The van der Waals surface area contributed by atoms with Crippen molar-refractivity contribution in [2.75, 3.05) is 6.61 Å². The molecular weight excluding hydrogens is 270 g/mol. The van der Waals surface area contributed by atoms with Crippen molar-refractivity contribution in [3.8, 4) is 5.75 Å². The van der Waals surface area contributed by atoms with Crippen molar-refractivity contribution in [2.24, 2.45) is 10.8 Å². The number of unbranched alkanes of at least 4 members (excludes halogenated alkanes) is 3. The summed E-state index contributed by atoms with van der Waals surface area (Å²) in [5, 5.41) is 3.62. The van der Waals surface area contributed by atoms with Crippen LogP contribution in [0.25, 0.3) is 0 Å². The molecule has 6 heteroatoms. The monoisotopic (exact) mass is 291 g/mol. The Kier molecular flexibility index (Phi) is 7.56. The molecule has 21 heavy (non-hydrogen) atoms. The summed E-state index contributed by atoms with van der Waals surface area (Å²) < 4.78 is 5.61. The second kappa shape index (κ2) is 9.52. The number of rotatable bonds is 8. The van der Waals surface area contributed by atoms with Crippen molar-refractivity contribution in [1.82, 2.24) is 5.43 Å². The fourth-order valence-corrected chi connectivity index (χ4v) is 1.59. The van der Waals surface area contributed by atoms with E-state index in [0.717, 1.165) is 17.7 Å². The van der Waals surface area contributed by atoms with E-state index in [0.29, 0.717) is 6.61 Å². The SMILES string of the molecule is CCCCCCOc1ccc(C=NNC(=O)C(N)=O)cc1. The van der Waals surface area contributed by atoms with Crippen LogP contribution in [0.3, 0.4) is 0 Å². The predicted octanol–water partition coefficient (Wildman–Crippen LogP) is 1.58. The van der Waals surface area contributed by atoms with E-state index in [-0.39, 0.29) is 0 Å². The van der Waals surface area contributed by atoms with Crippen molar-refractivity contribution in [3.05, 3.63) is 29.8 Å². The number of nitrogens with zero attached hydrogens (tertiary/aromatic N) is 1. The Hall–Kier alpha value is -2.37. The molecule has 0 heterocycles. The van der Waals surface area contributed by atoms with Gasteiger partial charge in [-0.1, -0.05) is 26.2 Å². The van der Waals surface area contributed by atoms with E-state index >= 15 is 0 Å². The molecule has 1 aromatic rings. The van der Waals surface area contributed by atoms with Gasteiger partial charge < -0.3 is 10.5 Å². The van der Waals surface area contributed by atoms with Crippen LogP contribution in [0, 0.1) is 0 Å². The Morgan fingerprint density at radius 3 is 2.57 bits per heavy atom. The molecule has 0 aliphatic rings. The van der Waals surface area contributed by atoms with Gasteiger partial charge in [0.2, 0.25) is 0 Å². The summed E-state index contributed by atoms with van der Waals surface area (Å²) in [7, 11) is 0. The first-order chi connectivity index (χ1) is 10.1. The summed E-state index contributed by atoms with van der Waals surface area (Å²) in [5.74, 6) is -1.22. The normalized spacial score (nSPS) is 10.5. The topological polar surface area (TPSA) is 93.8 Å². The second-order valence-electron chi connectivity index (χ2n) is 4.54. The molecule has 1 aromatic carbocycles. The van der Waals surface area contributed by atoms with Crippen LogP contribution in [0.5, 0.6) is 5.75 Å². The van der Waals surface area contributed by atoms with Crippen LogP contribution in [-0.2, 0) is 9.59 Å². The molecule has 0 unspecified atom stereocenters. The Balaban J connectivity index is 2.34. The van der Waals surface area contributed by atoms with E-state index in [1.165, 1.54) is 25.5 Å². The fourth-order valence-electron chi connectivity index (χ4n) is 1.59. The van der Waals surface area contributed by atoms with Crippen LogP contribution in [0.15, 0.2) is 29.4 Å². The van der Waals surface area contributed by atoms with Gasteiger partial charge in [-0.2, -0.15) is 5.10 Å². The van der Waals surface area contributed by atoms with E-state index in [9.17, 15) is 9.59 Å². The zero-order valence-electron chi connectivity index (χ0n) is 12.2. The third-order valence-electron chi connectivity index (χ3n) is 2.75. The van der Waals surface area contributed by atoms with E-state index in [1.54, 1.807) is 12.1 Å². The maximum atomic E-state index is 10.9. The Bertz CT molecular complexity index is 483. The number of hydrogen-bond donors (Lipinski definition) is 2. The third kappa shape index (κ3) is 7.10. The van der Waals surface area contributed by atoms with Gasteiger partial charge in [0, 0.05) is 0 Å². The van der Waals surface area contributed by atoms with Gasteiger partial charge in [0.05, 0.1) is 12.8 Å². The molecule has 0 atom stereocenters. The molecule has 1 rings (SSSR count). The number of hydrazone groups is 1. The molecule has 0 aliphatic carbocycles. The minimum absolute atomic E-state index is 0.710. The maximum Gasteiger partial charge on any atom is 0.329 e. The van der Waals surface area contributed by atoms with Crippen molar-refractivity contribution >= 4 is 18.0 Å². The molecule has 6 nitrogen and oxygen atoms in total. The summed E-state index contributed by atoms with van der Waals surface area (Å²) in [4.78, 5) is 21.3. The lowest BCUT2D eigenvalue weighted by atomic mass is 10.2. The van der Waals surface area contributed by atoms with Crippen molar-refractivity contribution in [2.45, 2.75) is 32.6 Å². The first-order valence-electron chi connectivity index (χ1n) is 6.99. The van der Waals surface area contributed by atoms with Crippen LogP contribution in [-0.4, -0.2) is 24.6 Å². The number of hydrogen-bond acceptors (Lipinski definition) is 4. The van der Waals surface area contributed by atoms with Gasteiger partial charge >= 0.3 is 11.8 Å². The third-order valence-corrected chi connectivity index (χ3v) is 2.75. The molecule has 0 saturated carbocycles. The smallest absolute Gasteiger partial charge is 0.329 e. The Labute approximate surface area is 124 Å². The standard InChI is InChI=1S/C15H21N3O3/c1-2-3-4-5-10-21-13-8-6-12(7-9-13)11-17-18-15(20)14(16)19/h6-9,11H,2-5,10H2,1H3,(H2,16,19)(H,18,20). The molecule has 0 saturated heterocycles. The number of nitrogens with one attached hydrogen (secondary N) is 1. The molecule has 0 aromatic heterocycles. The average molecular weight is 291 g/mol. The van der Waals surface area contributed by atoms with Crippen LogP contribution in [0.4, 0.5) is 0 Å². The van der Waals surface area contributed by atoms with Gasteiger partial charge in [0.25, 0.3) is 0 Å². The zero-order chi connectivity index (χ0) is 15.5. The molecule has 0 spiro atoms. The second-order valence-corrected chi connectivity index (χ2v) is 4.54. The molecule has 2 amide bonds. The van der Waals surface area contributed by atoms with Gasteiger partial charge in [-0.05, 0) is 36.2 Å². The first-order valence-corrected chi connectivity index (χ1v) is 6.99. The molecular formula is C15H21N3O3. The van der Waals surface area contributed by atoms with Gasteiger partial charge in [0.15, 0.2) is 0 Å². The van der Waals surface area contributed by atoms with Gasteiger partial charge in [-0.3, -0.25) is 9.59 Å². The molecule has 3 N–H and O–H groups in total. The van der Waals surface area contributed by atoms with E-state index in [2.05, 4.69) is 12.0 Å². The lowest BCUT2D eigenvalue weighted by molar-refractivity contribution is -0.137. The quantitative estimate of drug-likeness (QED) is 0.329. The highest BCUT2D eigenvalue weighted by molar-refractivity contribution is 6.34. The van der Waals surface area contributed by atoms with Gasteiger partial charge in [-0.15, -0.1) is 0 Å². The van der Waals surface area contributed by atoms with E-state index < -0.39 is 11.8 Å². The lowest BCUT2D eigenvalue weighted by Gasteiger charge is -2.05. The van der Waals surface area contributed by atoms with Gasteiger partial charge in [-0.25, -0.2) is 5.43 Å². The van der Waals surface area contributed by atoms with Crippen LogP contribution < -0.4 is 15.9 Å². The predicted molar refractivity (Wildman–Crippen MR) is 81.0 cm³/mol. The van der Waals surface area contributed by atoms with Crippen LogP contribution in [0.2, 0.25) is 0 Å². The van der Waals surface area contributed by atoms with Crippen molar-refractivity contribution in [1.29, 1.82) is 0 Å². The molecule has 0 radical (unpaired) electrons. The zero-order valence-corrected chi connectivity index (χ0v) is 12.2. The van der Waals surface area contributed by atoms with Crippen molar-refractivity contribution < 1.29 is 14.3 Å². The highest BCUT2D eigenvalue weighted by atomic mass is 16.5. The van der Waals surface area contributed by atoms with E-state index in [4.69, 9.17) is 10.5 Å². The Morgan fingerprint density at radius 2 is 1.95 bits per heavy atom. The summed E-state index contributed by atoms with van der Waals surface area (Å²) >= 11 is 0. The number of primary amides is 1. The average Bonchev–Trinajstić information content (AvgIpc) is 2.48. The van der Waals surface area contributed by atoms with Crippen LogP contribution in [0.1, 0.15) is 38.2 Å². The van der Waals surface area contributed by atoms with Crippen LogP contribution >= 0.6 is 0 Å². The van der Waals surface area contributed by atoms with Gasteiger partial charge in [0.1, 0.15) is 5.75 Å². The van der Waals surface area contributed by atoms with E-state index in [1.807, 2.05) is 17.6 Å². The lowest BCUT2D eigenvalue weighted by Crippen LogP contribution is -2.32. The first kappa shape index (κ1) is 16.7. The number of benzene rings is 1. The highest BCUT2D eigenvalue weighted by Crippen LogP contribution is 2.12. The molecule has 0 bridgehead atoms. The number of amides is 2. The van der Waals surface area contributed by atoms with Crippen molar-refractivity contribution in [3.63, 3.8) is 0 Å². The number of ether oxygens (including phenoxy) is 1. The molecule has 114 valence electrons. The molecule has 0 fully saturated rings. The minimum atomic E-state index is -1.07.